The predicted octanol–water partition coefficient (Wildman–Crippen LogP) is 0.763. The van der Waals surface area contributed by atoms with E-state index in [-0.39, 0.29) is 5.91 Å². The number of piperidine rings is 1. The smallest absolute Gasteiger partial charge is 0.222 e. The molecule has 0 N–H and O–H groups in total. The van der Waals surface area contributed by atoms with Crippen molar-refractivity contribution >= 4 is 5.91 Å². The van der Waals surface area contributed by atoms with Crippen LogP contribution in [0.15, 0.2) is 0 Å². The Balaban J connectivity index is 1.67. The van der Waals surface area contributed by atoms with Gasteiger partial charge in [0.15, 0.2) is 0 Å². The zero-order valence-electron chi connectivity index (χ0n) is 14.2. The minimum Gasteiger partial charge on any atom is -0.379 e. The number of aromatic nitrogens is 3. The van der Waals surface area contributed by atoms with E-state index in [0.29, 0.717) is 12.3 Å². The van der Waals surface area contributed by atoms with Crippen LogP contribution < -0.4 is 0 Å². The van der Waals surface area contributed by atoms with Crippen molar-refractivity contribution in [2.24, 2.45) is 7.05 Å². The second-order valence-corrected chi connectivity index (χ2v) is 6.45. The summed E-state index contributed by atoms with van der Waals surface area (Å²) in [6.07, 6.45) is 2.70. The molecule has 0 radical (unpaired) electrons. The summed E-state index contributed by atoms with van der Waals surface area (Å²) in [7, 11) is 2.05. The fourth-order valence-corrected chi connectivity index (χ4v) is 3.47. The Bertz CT molecular complexity index is 539. The highest BCUT2D eigenvalue weighted by Crippen LogP contribution is 2.26. The van der Waals surface area contributed by atoms with Gasteiger partial charge in [0, 0.05) is 45.6 Å². The van der Waals surface area contributed by atoms with Gasteiger partial charge in [-0.1, -0.05) is 6.92 Å². The second kappa shape index (κ2) is 7.40. The zero-order chi connectivity index (χ0) is 16.2. The van der Waals surface area contributed by atoms with Crippen molar-refractivity contribution in [2.75, 3.05) is 39.4 Å². The van der Waals surface area contributed by atoms with E-state index < -0.39 is 0 Å². The minimum absolute atomic E-state index is 0.241. The molecule has 0 aliphatic carbocycles. The summed E-state index contributed by atoms with van der Waals surface area (Å²) in [5.41, 5.74) is 0. The maximum atomic E-state index is 12.0. The Morgan fingerprint density at radius 3 is 2.78 bits per heavy atom. The monoisotopic (exact) mass is 321 g/mol. The van der Waals surface area contributed by atoms with E-state index in [2.05, 4.69) is 19.7 Å². The molecule has 0 aromatic carbocycles. The van der Waals surface area contributed by atoms with Gasteiger partial charge in [-0.05, 0) is 12.8 Å². The van der Waals surface area contributed by atoms with Gasteiger partial charge in [0.2, 0.25) is 5.91 Å². The molecule has 3 heterocycles. The van der Waals surface area contributed by atoms with E-state index in [0.717, 1.165) is 70.4 Å². The van der Waals surface area contributed by atoms with Gasteiger partial charge in [0.05, 0.1) is 19.8 Å². The molecule has 1 aromatic rings. The van der Waals surface area contributed by atoms with Crippen LogP contribution in [-0.2, 0) is 23.1 Å². The number of likely N-dealkylation sites (tertiary alicyclic amines) is 1. The standard InChI is InChI=1S/C16H27N5O2/c1-3-15(22)21-6-4-5-13(11-21)16-18-17-14(19(16)2)12-20-7-9-23-10-8-20/h13H,3-12H2,1-2H3/t13-/m0/s1. The van der Waals surface area contributed by atoms with Crippen molar-refractivity contribution in [1.29, 1.82) is 0 Å². The van der Waals surface area contributed by atoms with E-state index in [1.165, 1.54) is 0 Å². The van der Waals surface area contributed by atoms with Gasteiger partial charge in [0.25, 0.3) is 0 Å². The molecule has 2 aliphatic heterocycles. The van der Waals surface area contributed by atoms with Crippen LogP contribution in [0.3, 0.4) is 0 Å². The normalized spacial score (nSPS) is 23.2. The maximum absolute atomic E-state index is 12.0. The highest BCUT2D eigenvalue weighted by atomic mass is 16.5. The van der Waals surface area contributed by atoms with E-state index in [1.54, 1.807) is 0 Å². The van der Waals surface area contributed by atoms with Gasteiger partial charge in [0.1, 0.15) is 11.6 Å². The average Bonchev–Trinajstić information content (AvgIpc) is 2.96. The number of rotatable bonds is 4. The quantitative estimate of drug-likeness (QED) is 0.819. The first-order chi connectivity index (χ1) is 11.2. The second-order valence-electron chi connectivity index (χ2n) is 6.45. The van der Waals surface area contributed by atoms with Crippen LogP contribution in [0.2, 0.25) is 0 Å². The molecule has 1 amide bonds. The number of hydrogen-bond acceptors (Lipinski definition) is 5. The summed E-state index contributed by atoms with van der Waals surface area (Å²) in [6, 6.07) is 0. The molecular formula is C16H27N5O2. The first kappa shape index (κ1) is 16.4. The van der Waals surface area contributed by atoms with Crippen molar-refractivity contribution in [1.82, 2.24) is 24.6 Å². The lowest BCUT2D eigenvalue weighted by Crippen LogP contribution is -2.39. The summed E-state index contributed by atoms with van der Waals surface area (Å²) in [6.45, 7) is 7.88. The third kappa shape index (κ3) is 3.72. The van der Waals surface area contributed by atoms with Crippen molar-refractivity contribution in [3.63, 3.8) is 0 Å². The molecular weight excluding hydrogens is 294 g/mol. The van der Waals surface area contributed by atoms with Gasteiger partial charge in [-0.3, -0.25) is 9.69 Å². The average molecular weight is 321 g/mol. The van der Waals surface area contributed by atoms with Crippen LogP contribution in [0.25, 0.3) is 0 Å². The number of morpholine rings is 1. The Kier molecular flexibility index (Phi) is 5.27. The van der Waals surface area contributed by atoms with Crippen molar-refractivity contribution in [3.8, 4) is 0 Å². The molecule has 2 aliphatic rings. The molecule has 7 nitrogen and oxygen atoms in total. The van der Waals surface area contributed by atoms with E-state index in [9.17, 15) is 4.79 Å². The topological polar surface area (TPSA) is 63.5 Å². The fourth-order valence-electron chi connectivity index (χ4n) is 3.47. The lowest BCUT2D eigenvalue weighted by atomic mass is 9.97. The molecule has 0 bridgehead atoms. The molecule has 0 saturated carbocycles. The zero-order valence-corrected chi connectivity index (χ0v) is 14.2. The van der Waals surface area contributed by atoms with Crippen LogP contribution in [0, 0.1) is 0 Å². The number of hydrogen-bond donors (Lipinski definition) is 0. The predicted molar refractivity (Wildman–Crippen MR) is 85.9 cm³/mol. The summed E-state index contributed by atoms with van der Waals surface area (Å²) >= 11 is 0. The summed E-state index contributed by atoms with van der Waals surface area (Å²) in [4.78, 5) is 16.3. The molecule has 2 fully saturated rings. The first-order valence-electron chi connectivity index (χ1n) is 8.65. The number of carbonyl (C=O) groups is 1. The van der Waals surface area contributed by atoms with Crippen LogP contribution in [0.4, 0.5) is 0 Å². The summed E-state index contributed by atoms with van der Waals surface area (Å²) in [5.74, 6) is 2.56. The molecule has 0 unspecified atom stereocenters. The van der Waals surface area contributed by atoms with Gasteiger partial charge in [-0.15, -0.1) is 10.2 Å². The maximum Gasteiger partial charge on any atom is 0.222 e. The number of amides is 1. The first-order valence-corrected chi connectivity index (χ1v) is 8.65. The molecule has 3 rings (SSSR count). The highest BCUT2D eigenvalue weighted by molar-refractivity contribution is 5.75. The van der Waals surface area contributed by atoms with Crippen molar-refractivity contribution < 1.29 is 9.53 Å². The fraction of sp³-hybridized carbons (Fsp3) is 0.812. The molecule has 1 atom stereocenters. The largest absolute Gasteiger partial charge is 0.379 e. The van der Waals surface area contributed by atoms with Crippen LogP contribution in [-0.4, -0.2) is 69.9 Å². The summed E-state index contributed by atoms with van der Waals surface area (Å²) in [5, 5.41) is 8.84. The van der Waals surface area contributed by atoms with E-state index >= 15 is 0 Å². The molecule has 7 heteroatoms. The lowest BCUT2D eigenvalue weighted by Gasteiger charge is -2.32. The van der Waals surface area contributed by atoms with Crippen LogP contribution in [0.1, 0.15) is 43.8 Å². The Morgan fingerprint density at radius 1 is 1.26 bits per heavy atom. The third-order valence-corrected chi connectivity index (χ3v) is 4.91. The Morgan fingerprint density at radius 2 is 2.04 bits per heavy atom. The van der Waals surface area contributed by atoms with Crippen molar-refractivity contribution in [3.05, 3.63) is 11.6 Å². The Labute approximate surface area is 137 Å². The van der Waals surface area contributed by atoms with E-state index in [1.807, 2.05) is 18.9 Å². The van der Waals surface area contributed by atoms with Crippen molar-refractivity contribution in [2.45, 2.75) is 38.6 Å². The van der Waals surface area contributed by atoms with E-state index in [4.69, 9.17) is 4.74 Å². The Hall–Kier alpha value is -1.47. The number of ether oxygens (including phenoxy) is 1. The molecule has 23 heavy (non-hydrogen) atoms. The van der Waals surface area contributed by atoms with Gasteiger partial charge >= 0.3 is 0 Å². The summed E-state index contributed by atoms with van der Waals surface area (Å²) < 4.78 is 7.52. The minimum atomic E-state index is 0.241. The molecule has 2 saturated heterocycles. The SMILES string of the molecule is CCC(=O)N1CCC[C@H](c2nnc(CN3CCOCC3)n2C)C1. The highest BCUT2D eigenvalue weighted by Gasteiger charge is 2.28. The van der Waals surface area contributed by atoms with Gasteiger partial charge in [-0.2, -0.15) is 0 Å². The molecule has 0 spiro atoms. The number of nitrogens with zero attached hydrogens (tertiary/aromatic N) is 5. The van der Waals surface area contributed by atoms with Crippen LogP contribution >= 0.6 is 0 Å². The molecule has 128 valence electrons. The molecule has 1 aromatic heterocycles. The van der Waals surface area contributed by atoms with Gasteiger partial charge in [-0.25, -0.2) is 0 Å². The third-order valence-electron chi connectivity index (χ3n) is 4.91. The van der Waals surface area contributed by atoms with Crippen LogP contribution in [0.5, 0.6) is 0 Å². The lowest BCUT2D eigenvalue weighted by molar-refractivity contribution is -0.132. The van der Waals surface area contributed by atoms with Gasteiger partial charge < -0.3 is 14.2 Å². The number of carbonyl (C=O) groups excluding carboxylic acids is 1.